The SMILES string of the molecule is NN1C(=O)/C(=C/C=C/c2ccccc2)SC1=S. The van der Waals surface area contributed by atoms with Gasteiger partial charge in [0.1, 0.15) is 0 Å². The molecule has 1 amide bonds. The molecule has 2 N–H and O–H groups in total. The van der Waals surface area contributed by atoms with Crippen molar-refractivity contribution in [2.75, 3.05) is 0 Å². The van der Waals surface area contributed by atoms with E-state index in [4.69, 9.17) is 18.1 Å². The summed E-state index contributed by atoms with van der Waals surface area (Å²) >= 11 is 6.13. The van der Waals surface area contributed by atoms with Gasteiger partial charge in [0, 0.05) is 0 Å². The van der Waals surface area contributed by atoms with E-state index >= 15 is 0 Å². The lowest BCUT2D eigenvalue weighted by Crippen LogP contribution is -2.34. The molecule has 1 aliphatic rings. The summed E-state index contributed by atoms with van der Waals surface area (Å²) in [5.74, 6) is 5.20. The van der Waals surface area contributed by atoms with Crippen LogP contribution in [0.25, 0.3) is 6.08 Å². The minimum absolute atomic E-state index is 0.252. The zero-order valence-electron chi connectivity index (χ0n) is 8.87. The normalized spacial score (nSPS) is 18.6. The molecule has 86 valence electrons. The van der Waals surface area contributed by atoms with Crippen LogP contribution in [0.2, 0.25) is 0 Å². The average molecular weight is 262 g/mol. The highest BCUT2D eigenvalue weighted by Gasteiger charge is 2.28. The minimum atomic E-state index is -0.252. The van der Waals surface area contributed by atoms with E-state index in [9.17, 15) is 4.79 Å². The fraction of sp³-hybridized carbons (Fsp3) is 0. The average Bonchev–Trinajstić information content (AvgIpc) is 2.59. The molecule has 0 atom stereocenters. The molecule has 1 aromatic carbocycles. The third-order valence-corrected chi connectivity index (χ3v) is 3.51. The van der Waals surface area contributed by atoms with Gasteiger partial charge in [0.2, 0.25) is 0 Å². The first-order valence-corrected chi connectivity index (χ1v) is 6.15. The van der Waals surface area contributed by atoms with Crippen LogP contribution in [-0.2, 0) is 4.79 Å². The summed E-state index contributed by atoms with van der Waals surface area (Å²) in [5.41, 5.74) is 1.08. The van der Waals surface area contributed by atoms with Crippen molar-refractivity contribution in [3.8, 4) is 0 Å². The summed E-state index contributed by atoms with van der Waals surface area (Å²) in [7, 11) is 0. The standard InChI is InChI=1S/C12H10N2OS2/c13-14-11(15)10(17-12(14)16)8-4-7-9-5-2-1-3-6-9/h1-8H,13H2/b7-4+,10-8-. The van der Waals surface area contributed by atoms with Crippen molar-refractivity contribution in [2.45, 2.75) is 0 Å². The lowest BCUT2D eigenvalue weighted by atomic mass is 10.2. The number of hydrazine groups is 1. The first-order chi connectivity index (χ1) is 8.18. The van der Waals surface area contributed by atoms with Gasteiger partial charge in [-0.15, -0.1) is 0 Å². The van der Waals surface area contributed by atoms with Crippen LogP contribution in [0, 0.1) is 0 Å². The van der Waals surface area contributed by atoms with Crippen LogP contribution in [0.15, 0.2) is 47.4 Å². The van der Waals surface area contributed by atoms with Gasteiger partial charge in [0.05, 0.1) is 4.91 Å². The Morgan fingerprint density at radius 1 is 1.29 bits per heavy atom. The van der Waals surface area contributed by atoms with E-state index in [2.05, 4.69) is 0 Å². The Kier molecular flexibility index (Phi) is 3.73. The van der Waals surface area contributed by atoms with Crippen molar-refractivity contribution < 1.29 is 4.79 Å². The summed E-state index contributed by atoms with van der Waals surface area (Å²) in [6.07, 6.45) is 5.46. The fourth-order valence-electron chi connectivity index (χ4n) is 1.30. The number of hydrogen-bond acceptors (Lipinski definition) is 4. The molecule has 2 rings (SSSR count). The van der Waals surface area contributed by atoms with Gasteiger partial charge in [-0.1, -0.05) is 66.5 Å². The number of thiocarbonyl (C=S) groups is 1. The van der Waals surface area contributed by atoms with E-state index in [0.29, 0.717) is 9.23 Å². The molecule has 1 saturated heterocycles. The Morgan fingerprint density at radius 2 is 2.00 bits per heavy atom. The second-order valence-corrected chi connectivity index (χ2v) is 5.02. The van der Waals surface area contributed by atoms with Crippen molar-refractivity contribution in [1.29, 1.82) is 0 Å². The highest BCUT2D eigenvalue weighted by Crippen LogP contribution is 2.28. The quantitative estimate of drug-likeness (QED) is 0.384. The molecule has 1 aliphatic heterocycles. The van der Waals surface area contributed by atoms with Gasteiger partial charge in [0.25, 0.3) is 5.91 Å². The summed E-state index contributed by atoms with van der Waals surface area (Å²) < 4.78 is 0.384. The lowest BCUT2D eigenvalue weighted by molar-refractivity contribution is -0.122. The number of carbonyl (C=O) groups excluding carboxylic acids is 1. The van der Waals surface area contributed by atoms with Gasteiger partial charge in [-0.2, -0.15) is 0 Å². The Labute approximate surface area is 109 Å². The van der Waals surface area contributed by atoms with E-state index in [1.165, 1.54) is 11.8 Å². The second-order valence-electron chi connectivity index (χ2n) is 3.34. The monoisotopic (exact) mass is 262 g/mol. The highest BCUT2D eigenvalue weighted by molar-refractivity contribution is 8.26. The van der Waals surface area contributed by atoms with Crippen LogP contribution in [-0.4, -0.2) is 15.2 Å². The Bertz CT molecular complexity index is 508. The number of allylic oxidation sites excluding steroid dienone is 2. The Hall–Kier alpha value is -1.43. The summed E-state index contributed by atoms with van der Waals surface area (Å²) in [6, 6.07) is 9.84. The van der Waals surface area contributed by atoms with E-state index in [1.54, 1.807) is 6.08 Å². The molecule has 0 aliphatic carbocycles. The molecule has 1 aromatic rings. The summed E-state index contributed by atoms with van der Waals surface area (Å²) in [6.45, 7) is 0. The number of thioether (sulfide) groups is 1. The van der Waals surface area contributed by atoms with Gasteiger partial charge >= 0.3 is 0 Å². The maximum absolute atomic E-state index is 11.5. The Balaban J connectivity index is 2.10. The number of nitrogens with zero attached hydrogens (tertiary/aromatic N) is 1. The fourth-order valence-corrected chi connectivity index (χ4v) is 2.36. The third-order valence-electron chi connectivity index (χ3n) is 2.16. The maximum atomic E-state index is 11.5. The van der Waals surface area contributed by atoms with E-state index < -0.39 is 0 Å². The molecule has 0 aromatic heterocycles. The van der Waals surface area contributed by atoms with Gasteiger partial charge in [-0.05, 0) is 11.6 Å². The first kappa shape index (κ1) is 12.0. The zero-order chi connectivity index (χ0) is 12.3. The van der Waals surface area contributed by atoms with Gasteiger partial charge < -0.3 is 0 Å². The van der Waals surface area contributed by atoms with Gasteiger partial charge in [-0.25, -0.2) is 10.9 Å². The molecule has 0 spiro atoms. The van der Waals surface area contributed by atoms with Crippen LogP contribution in [0.3, 0.4) is 0 Å². The van der Waals surface area contributed by atoms with Crippen molar-refractivity contribution in [1.82, 2.24) is 5.01 Å². The number of hydrogen-bond donors (Lipinski definition) is 1. The smallest absolute Gasteiger partial charge is 0.267 e. The van der Waals surface area contributed by atoms with Crippen LogP contribution in [0.4, 0.5) is 0 Å². The van der Waals surface area contributed by atoms with Gasteiger partial charge in [0.15, 0.2) is 4.32 Å². The highest BCUT2D eigenvalue weighted by atomic mass is 32.2. The topological polar surface area (TPSA) is 46.3 Å². The minimum Gasteiger partial charge on any atom is -0.267 e. The molecule has 1 heterocycles. The molecule has 5 heteroatoms. The molecule has 0 bridgehead atoms. The van der Waals surface area contributed by atoms with Crippen molar-refractivity contribution in [3.63, 3.8) is 0 Å². The van der Waals surface area contributed by atoms with E-state index in [-0.39, 0.29) is 5.91 Å². The van der Waals surface area contributed by atoms with Crippen molar-refractivity contribution >= 4 is 40.3 Å². The zero-order valence-corrected chi connectivity index (χ0v) is 10.5. The molecular weight excluding hydrogens is 252 g/mol. The molecular formula is C12H10N2OS2. The van der Waals surface area contributed by atoms with Crippen LogP contribution in [0.5, 0.6) is 0 Å². The van der Waals surface area contributed by atoms with Crippen molar-refractivity contribution in [3.05, 3.63) is 53.0 Å². The van der Waals surface area contributed by atoms with E-state index in [1.807, 2.05) is 42.5 Å². The molecule has 0 saturated carbocycles. The third kappa shape index (κ3) is 2.82. The Morgan fingerprint density at radius 3 is 2.59 bits per heavy atom. The number of carbonyl (C=O) groups is 1. The first-order valence-electron chi connectivity index (χ1n) is 4.93. The molecule has 0 unspecified atom stereocenters. The van der Waals surface area contributed by atoms with Crippen molar-refractivity contribution in [2.24, 2.45) is 5.84 Å². The van der Waals surface area contributed by atoms with Crippen LogP contribution in [0.1, 0.15) is 5.56 Å². The second kappa shape index (κ2) is 5.27. The summed E-state index contributed by atoms with van der Waals surface area (Å²) in [4.78, 5) is 12.1. The molecule has 0 radical (unpaired) electrons. The lowest BCUT2D eigenvalue weighted by Gasteiger charge is -2.02. The molecule has 17 heavy (non-hydrogen) atoms. The van der Waals surface area contributed by atoms with Crippen LogP contribution >= 0.6 is 24.0 Å². The van der Waals surface area contributed by atoms with E-state index in [0.717, 1.165) is 10.6 Å². The van der Waals surface area contributed by atoms with Gasteiger partial charge in [-0.3, -0.25) is 4.79 Å². The number of benzene rings is 1. The molecule has 3 nitrogen and oxygen atoms in total. The number of nitrogens with two attached hydrogens (primary N) is 1. The number of rotatable bonds is 2. The molecule has 1 fully saturated rings. The maximum Gasteiger partial charge on any atom is 0.280 e. The summed E-state index contributed by atoms with van der Waals surface area (Å²) in [5, 5.41) is 0.988. The number of amides is 1. The largest absolute Gasteiger partial charge is 0.280 e. The van der Waals surface area contributed by atoms with Crippen LogP contribution < -0.4 is 5.84 Å². The predicted octanol–water partition coefficient (Wildman–Crippen LogP) is 2.32. The predicted molar refractivity (Wildman–Crippen MR) is 74.8 cm³/mol.